The lowest BCUT2D eigenvalue weighted by atomic mass is 10.1. The van der Waals surface area contributed by atoms with Crippen LogP contribution in [0.15, 0.2) is 40.4 Å². The Balaban J connectivity index is 3.33. The normalized spacial score (nSPS) is 12.8. The number of hydrogen-bond acceptors (Lipinski definition) is 7. The molecule has 1 rings (SSSR count). The lowest BCUT2D eigenvalue weighted by Gasteiger charge is -2.25. The zero-order valence-electron chi connectivity index (χ0n) is 18.1. The van der Waals surface area contributed by atoms with Crippen LogP contribution in [-0.4, -0.2) is 64.6 Å². The zero-order chi connectivity index (χ0) is 22.9. The van der Waals surface area contributed by atoms with Crippen LogP contribution in [0.1, 0.15) is 32.8 Å². The molecule has 9 nitrogen and oxygen atoms in total. The first-order valence-electron chi connectivity index (χ1n) is 9.54. The second-order valence-corrected chi connectivity index (χ2v) is 8.23. The summed E-state index contributed by atoms with van der Waals surface area (Å²) >= 11 is 0. The number of amides is 1. The number of sulfonamides is 1. The van der Waals surface area contributed by atoms with Gasteiger partial charge in [0.05, 0.1) is 22.8 Å². The molecule has 1 amide bonds. The fourth-order valence-electron chi connectivity index (χ4n) is 2.45. The zero-order valence-corrected chi connectivity index (χ0v) is 18.9. The smallest absolute Gasteiger partial charge is 0.247 e. The topological polar surface area (TPSA) is 117 Å². The molecule has 0 saturated carbocycles. The molecule has 30 heavy (non-hydrogen) atoms. The quantitative estimate of drug-likeness (QED) is 0.233. The maximum Gasteiger partial charge on any atom is 0.247 e. The van der Waals surface area contributed by atoms with Gasteiger partial charge in [0, 0.05) is 20.6 Å². The highest BCUT2D eigenvalue weighted by Crippen LogP contribution is 2.23. The van der Waals surface area contributed by atoms with Gasteiger partial charge >= 0.3 is 0 Å². The summed E-state index contributed by atoms with van der Waals surface area (Å²) < 4.78 is 33.0. The van der Waals surface area contributed by atoms with Gasteiger partial charge in [0.2, 0.25) is 15.9 Å². The van der Waals surface area contributed by atoms with Gasteiger partial charge in [-0.05, 0) is 31.5 Å². The highest BCUT2D eigenvalue weighted by molar-refractivity contribution is 7.89. The van der Waals surface area contributed by atoms with Gasteiger partial charge in [-0.1, -0.05) is 20.4 Å². The summed E-state index contributed by atoms with van der Waals surface area (Å²) in [7, 11) is -0.668. The number of benzene rings is 1. The van der Waals surface area contributed by atoms with Crippen LogP contribution in [0.2, 0.25) is 0 Å². The minimum absolute atomic E-state index is 0.0260. The van der Waals surface area contributed by atoms with Crippen LogP contribution in [0.4, 0.5) is 0 Å². The van der Waals surface area contributed by atoms with Gasteiger partial charge in [-0.25, -0.2) is 13.1 Å². The van der Waals surface area contributed by atoms with E-state index in [9.17, 15) is 18.0 Å². The van der Waals surface area contributed by atoms with Crippen LogP contribution < -0.4 is 14.8 Å². The minimum atomic E-state index is -3.72. The summed E-state index contributed by atoms with van der Waals surface area (Å²) in [6.07, 6.45) is 1.31. The number of rotatable bonds is 11. The van der Waals surface area contributed by atoms with E-state index in [0.717, 1.165) is 6.42 Å². The van der Waals surface area contributed by atoms with Crippen LogP contribution in [0.25, 0.3) is 0 Å². The maximum absolute atomic E-state index is 12.7. The highest BCUT2D eigenvalue weighted by Gasteiger charge is 2.23. The molecule has 0 fully saturated rings. The van der Waals surface area contributed by atoms with E-state index in [2.05, 4.69) is 21.6 Å². The molecule has 2 N–H and O–H groups in total. The summed E-state index contributed by atoms with van der Waals surface area (Å²) in [5, 5.41) is 2.69. The molecule has 1 aromatic carbocycles. The van der Waals surface area contributed by atoms with Crippen LogP contribution in [0.5, 0.6) is 5.75 Å². The number of hydrogen-bond donors (Lipinski definition) is 2. The molecule has 0 aliphatic rings. The lowest BCUT2D eigenvalue weighted by Crippen LogP contribution is -2.45. The van der Waals surface area contributed by atoms with Gasteiger partial charge in [-0.3, -0.25) is 14.6 Å². The standard InChI is InChI=1S/C20H30N4O5S/c1-7-11-29-18-10-9-16(30(27,28)22-8-2)12-17(18)19(21-5)23-20(26)15(4)24(6)14(3)13-25/h9-10,12-13,15,22H,3,7-8,11H2,1-2,4-6H3,(H,21,23,26). The second-order valence-electron chi connectivity index (χ2n) is 6.47. The third-order valence-electron chi connectivity index (χ3n) is 4.33. The van der Waals surface area contributed by atoms with Crippen molar-refractivity contribution < 1.29 is 22.7 Å². The van der Waals surface area contributed by atoms with E-state index < -0.39 is 22.0 Å². The van der Waals surface area contributed by atoms with E-state index in [1.807, 2.05) is 6.92 Å². The number of likely N-dealkylation sites (N-methyl/N-ethyl adjacent to an activating group) is 1. The fourth-order valence-corrected chi connectivity index (χ4v) is 3.51. The first kappa shape index (κ1) is 25.3. The molecule has 0 saturated heterocycles. The third kappa shape index (κ3) is 6.39. The molecule has 0 spiro atoms. The number of aliphatic imine (C=N–C) groups is 1. The number of allylic oxidation sites excluding steroid dienone is 1. The van der Waals surface area contributed by atoms with E-state index in [1.165, 1.54) is 30.1 Å². The fraction of sp³-hybridized carbons (Fsp3) is 0.450. The molecular weight excluding hydrogens is 408 g/mol. The largest absolute Gasteiger partial charge is 0.493 e. The Bertz CT molecular complexity index is 912. The molecule has 1 aromatic rings. The molecule has 0 radical (unpaired) electrons. The number of aldehydes is 1. The predicted molar refractivity (Wildman–Crippen MR) is 116 cm³/mol. The van der Waals surface area contributed by atoms with Crippen molar-refractivity contribution in [3.63, 3.8) is 0 Å². The van der Waals surface area contributed by atoms with Crippen molar-refractivity contribution in [3.8, 4) is 5.75 Å². The van der Waals surface area contributed by atoms with E-state index in [4.69, 9.17) is 4.74 Å². The Labute approximate surface area is 178 Å². The predicted octanol–water partition coefficient (Wildman–Crippen LogP) is 1.30. The molecule has 10 heteroatoms. The lowest BCUT2D eigenvalue weighted by molar-refractivity contribution is -0.123. The first-order chi connectivity index (χ1) is 14.1. The van der Waals surface area contributed by atoms with E-state index >= 15 is 0 Å². The first-order valence-corrected chi connectivity index (χ1v) is 11.0. The van der Waals surface area contributed by atoms with Crippen molar-refractivity contribution in [2.75, 3.05) is 27.2 Å². The number of nitrogens with one attached hydrogen (secondary N) is 2. The van der Waals surface area contributed by atoms with Crippen LogP contribution >= 0.6 is 0 Å². The van der Waals surface area contributed by atoms with Gasteiger partial charge in [0.15, 0.2) is 6.29 Å². The van der Waals surface area contributed by atoms with Gasteiger partial charge in [0.25, 0.3) is 0 Å². The number of amidine groups is 1. The van der Waals surface area contributed by atoms with Crippen molar-refractivity contribution in [1.29, 1.82) is 0 Å². The maximum atomic E-state index is 12.7. The van der Waals surface area contributed by atoms with E-state index in [1.54, 1.807) is 20.9 Å². The van der Waals surface area contributed by atoms with Crippen molar-refractivity contribution in [2.45, 2.75) is 38.1 Å². The van der Waals surface area contributed by atoms with Crippen LogP contribution in [0, 0.1) is 0 Å². The molecule has 1 atom stereocenters. The number of ether oxygens (including phenoxy) is 1. The van der Waals surface area contributed by atoms with Gasteiger partial charge in [-0.2, -0.15) is 0 Å². The van der Waals surface area contributed by atoms with Crippen molar-refractivity contribution in [3.05, 3.63) is 36.0 Å². The Kier molecular flexibility index (Phi) is 9.67. The van der Waals surface area contributed by atoms with Crippen molar-refractivity contribution in [2.24, 2.45) is 4.99 Å². The summed E-state index contributed by atoms with van der Waals surface area (Å²) in [5.41, 5.74) is 0.487. The molecule has 0 aromatic heterocycles. The SMILES string of the molecule is C=C(C=O)N(C)C(C)C(=O)NC(=NC)c1cc(S(=O)(=O)NCC)ccc1OCCC. The Morgan fingerprint density at radius 2 is 2.03 bits per heavy atom. The summed E-state index contributed by atoms with van der Waals surface area (Å²) in [6, 6.07) is 3.67. The molecule has 1 unspecified atom stereocenters. The minimum Gasteiger partial charge on any atom is -0.493 e. The number of nitrogens with zero attached hydrogens (tertiary/aromatic N) is 2. The number of carbonyl (C=O) groups excluding carboxylic acids is 2. The average Bonchev–Trinajstić information content (AvgIpc) is 2.73. The summed E-state index contributed by atoms with van der Waals surface area (Å²) in [6.45, 7) is 9.48. The van der Waals surface area contributed by atoms with Crippen LogP contribution in [-0.2, 0) is 19.6 Å². The molecule has 0 bridgehead atoms. The molecule has 0 heterocycles. The molecule has 0 aliphatic heterocycles. The monoisotopic (exact) mass is 438 g/mol. The van der Waals surface area contributed by atoms with Gasteiger partial charge in [0.1, 0.15) is 17.6 Å². The summed E-state index contributed by atoms with van der Waals surface area (Å²) in [5.74, 6) is 0.102. The highest BCUT2D eigenvalue weighted by atomic mass is 32.2. The van der Waals surface area contributed by atoms with Crippen molar-refractivity contribution >= 4 is 28.1 Å². The van der Waals surface area contributed by atoms with Crippen LogP contribution in [0.3, 0.4) is 0 Å². The Morgan fingerprint density at radius 3 is 2.57 bits per heavy atom. The molecular formula is C20H30N4O5S. The number of carbonyl (C=O) groups is 2. The van der Waals surface area contributed by atoms with E-state index in [-0.39, 0.29) is 23.0 Å². The van der Waals surface area contributed by atoms with Gasteiger partial charge in [-0.15, -0.1) is 0 Å². The average molecular weight is 439 g/mol. The summed E-state index contributed by atoms with van der Waals surface area (Å²) in [4.78, 5) is 29.2. The second kappa shape index (κ2) is 11.5. The third-order valence-corrected chi connectivity index (χ3v) is 5.87. The molecule has 166 valence electrons. The molecule has 0 aliphatic carbocycles. The Morgan fingerprint density at radius 1 is 1.37 bits per heavy atom. The van der Waals surface area contributed by atoms with Crippen molar-refractivity contribution in [1.82, 2.24) is 14.9 Å². The Hall–Kier alpha value is -2.72. The van der Waals surface area contributed by atoms with E-state index in [0.29, 0.717) is 24.2 Å². The van der Waals surface area contributed by atoms with Gasteiger partial charge < -0.3 is 15.0 Å².